The summed E-state index contributed by atoms with van der Waals surface area (Å²) < 4.78 is 0. The van der Waals surface area contributed by atoms with Gasteiger partial charge in [0.25, 0.3) is 0 Å². The molecule has 0 saturated carbocycles. The number of nitrogens with one attached hydrogen (secondary N) is 1. The number of aromatic nitrogens is 3. The van der Waals surface area contributed by atoms with Gasteiger partial charge < -0.3 is 0 Å². The molecule has 0 unspecified atom stereocenters. The van der Waals surface area contributed by atoms with Crippen LogP contribution >= 0.6 is 0 Å². The molecule has 4 aromatic rings. The first-order valence-corrected chi connectivity index (χ1v) is 7.18. The van der Waals surface area contributed by atoms with Crippen LogP contribution in [0.5, 0.6) is 0 Å². The maximum atomic E-state index is 4.58. The van der Waals surface area contributed by atoms with Gasteiger partial charge in [0, 0.05) is 22.5 Å². The van der Waals surface area contributed by atoms with Gasteiger partial charge in [-0.15, -0.1) is 0 Å². The predicted octanol–water partition coefficient (Wildman–Crippen LogP) is 4.34. The largest absolute Gasteiger partial charge is 0.276 e. The van der Waals surface area contributed by atoms with E-state index in [1.807, 2.05) is 24.4 Å². The number of benzene rings is 2. The van der Waals surface area contributed by atoms with Crippen LogP contribution in [0.1, 0.15) is 12.5 Å². The highest BCUT2D eigenvalue weighted by Gasteiger charge is 2.11. The average Bonchev–Trinajstić information content (AvgIpc) is 2.99. The van der Waals surface area contributed by atoms with Gasteiger partial charge in [-0.1, -0.05) is 43.3 Å². The fourth-order valence-corrected chi connectivity index (χ4v) is 2.75. The van der Waals surface area contributed by atoms with E-state index < -0.39 is 0 Å². The zero-order valence-electron chi connectivity index (χ0n) is 11.8. The van der Waals surface area contributed by atoms with Gasteiger partial charge in [0.15, 0.2) is 0 Å². The summed E-state index contributed by atoms with van der Waals surface area (Å²) in [7, 11) is 0. The molecule has 3 heteroatoms. The SMILES string of the molecule is CCc1ccc2ncc3c(-c4ccccc4)n[nH]c3c2c1. The molecule has 4 rings (SSSR count). The van der Waals surface area contributed by atoms with E-state index in [1.165, 1.54) is 5.56 Å². The Hall–Kier alpha value is -2.68. The van der Waals surface area contributed by atoms with E-state index in [0.29, 0.717) is 0 Å². The monoisotopic (exact) mass is 273 g/mol. The molecule has 2 aromatic heterocycles. The molecule has 0 aliphatic rings. The van der Waals surface area contributed by atoms with Crippen LogP contribution < -0.4 is 0 Å². The lowest BCUT2D eigenvalue weighted by Crippen LogP contribution is -1.85. The fourth-order valence-electron chi connectivity index (χ4n) is 2.75. The molecule has 0 amide bonds. The van der Waals surface area contributed by atoms with Gasteiger partial charge in [0.05, 0.1) is 11.0 Å². The molecule has 1 N–H and O–H groups in total. The van der Waals surface area contributed by atoms with E-state index >= 15 is 0 Å². The van der Waals surface area contributed by atoms with Crippen molar-refractivity contribution in [1.29, 1.82) is 0 Å². The van der Waals surface area contributed by atoms with Crippen LogP contribution in [0.25, 0.3) is 33.1 Å². The van der Waals surface area contributed by atoms with Crippen LogP contribution in [0.2, 0.25) is 0 Å². The maximum Gasteiger partial charge on any atom is 0.101 e. The minimum absolute atomic E-state index is 0.960. The number of pyridine rings is 1. The van der Waals surface area contributed by atoms with E-state index in [0.717, 1.165) is 39.5 Å². The summed E-state index contributed by atoms with van der Waals surface area (Å²) in [5.74, 6) is 0. The Morgan fingerprint density at radius 3 is 2.67 bits per heavy atom. The van der Waals surface area contributed by atoms with Gasteiger partial charge in [-0.05, 0) is 24.1 Å². The van der Waals surface area contributed by atoms with Gasteiger partial charge in [-0.25, -0.2) is 0 Å². The van der Waals surface area contributed by atoms with Crippen molar-refractivity contribution >= 4 is 21.8 Å². The van der Waals surface area contributed by atoms with E-state index in [9.17, 15) is 0 Å². The summed E-state index contributed by atoms with van der Waals surface area (Å²) in [4.78, 5) is 4.58. The highest BCUT2D eigenvalue weighted by atomic mass is 15.1. The molecule has 0 bridgehead atoms. The molecular weight excluding hydrogens is 258 g/mol. The highest BCUT2D eigenvalue weighted by molar-refractivity contribution is 6.07. The van der Waals surface area contributed by atoms with E-state index in [2.05, 4.69) is 52.4 Å². The number of hydrogen-bond donors (Lipinski definition) is 1. The van der Waals surface area contributed by atoms with Gasteiger partial charge in [0.1, 0.15) is 5.69 Å². The van der Waals surface area contributed by atoms with E-state index in [1.54, 1.807) is 0 Å². The Balaban J connectivity index is 2.03. The third kappa shape index (κ3) is 1.89. The lowest BCUT2D eigenvalue weighted by molar-refractivity contribution is 1.12. The lowest BCUT2D eigenvalue weighted by atomic mass is 10.0. The first kappa shape index (κ1) is 12.1. The van der Waals surface area contributed by atoms with Crippen LogP contribution in [0.4, 0.5) is 0 Å². The van der Waals surface area contributed by atoms with Gasteiger partial charge in [-0.3, -0.25) is 10.1 Å². The predicted molar refractivity (Wildman–Crippen MR) is 86.2 cm³/mol. The summed E-state index contributed by atoms with van der Waals surface area (Å²) in [6, 6.07) is 16.6. The maximum absolute atomic E-state index is 4.58. The molecule has 102 valence electrons. The number of aromatic amines is 1. The minimum Gasteiger partial charge on any atom is -0.276 e. The van der Waals surface area contributed by atoms with Gasteiger partial charge >= 0.3 is 0 Å². The molecule has 0 atom stereocenters. The minimum atomic E-state index is 0.960. The smallest absolute Gasteiger partial charge is 0.101 e. The average molecular weight is 273 g/mol. The lowest BCUT2D eigenvalue weighted by Gasteiger charge is -2.02. The third-order valence-electron chi connectivity index (χ3n) is 3.92. The topological polar surface area (TPSA) is 41.6 Å². The Kier molecular flexibility index (Phi) is 2.71. The Labute approximate surface area is 122 Å². The summed E-state index contributed by atoms with van der Waals surface area (Å²) >= 11 is 0. The quantitative estimate of drug-likeness (QED) is 0.590. The molecule has 0 fully saturated rings. The summed E-state index contributed by atoms with van der Waals surface area (Å²) in [6.45, 7) is 2.16. The van der Waals surface area contributed by atoms with Crippen molar-refractivity contribution < 1.29 is 0 Å². The molecule has 0 spiro atoms. The Morgan fingerprint density at radius 1 is 1.00 bits per heavy atom. The summed E-state index contributed by atoms with van der Waals surface area (Å²) in [5.41, 5.74) is 5.45. The number of rotatable bonds is 2. The Bertz CT molecular complexity index is 923. The van der Waals surface area contributed by atoms with Crippen molar-refractivity contribution in [3.63, 3.8) is 0 Å². The normalized spacial score (nSPS) is 11.3. The van der Waals surface area contributed by atoms with E-state index in [-0.39, 0.29) is 0 Å². The second-order valence-electron chi connectivity index (χ2n) is 5.19. The van der Waals surface area contributed by atoms with Crippen molar-refractivity contribution in [2.24, 2.45) is 0 Å². The van der Waals surface area contributed by atoms with Crippen molar-refractivity contribution in [3.8, 4) is 11.3 Å². The van der Waals surface area contributed by atoms with Crippen LogP contribution in [0.15, 0.2) is 54.7 Å². The first-order chi connectivity index (χ1) is 10.4. The molecule has 2 aromatic carbocycles. The van der Waals surface area contributed by atoms with Crippen molar-refractivity contribution in [3.05, 3.63) is 60.3 Å². The van der Waals surface area contributed by atoms with Crippen molar-refractivity contribution in [1.82, 2.24) is 15.2 Å². The number of hydrogen-bond acceptors (Lipinski definition) is 2. The van der Waals surface area contributed by atoms with Crippen molar-refractivity contribution in [2.45, 2.75) is 13.3 Å². The van der Waals surface area contributed by atoms with Gasteiger partial charge in [-0.2, -0.15) is 5.10 Å². The second-order valence-corrected chi connectivity index (χ2v) is 5.19. The number of H-pyrrole nitrogens is 1. The zero-order valence-corrected chi connectivity index (χ0v) is 11.8. The van der Waals surface area contributed by atoms with Crippen LogP contribution in [-0.4, -0.2) is 15.2 Å². The number of nitrogens with zero attached hydrogens (tertiary/aromatic N) is 2. The third-order valence-corrected chi connectivity index (χ3v) is 3.92. The number of fused-ring (bicyclic) bond motifs is 3. The van der Waals surface area contributed by atoms with Crippen molar-refractivity contribution in [2.75, 3.05) is 0 Å². The highest BCUT2D eigenvalue weighted by Crippen LogP contribution is 2.30. The molecule has 0 saturated heterocycles. The molecule has 0 aliphatic carbocycles. The second kappa shape index (κ2) is 4.70. The molecule has 0 radical (unpaired) electrons. The van der Waals surface area contributed by atoms with Crippen LogP contribution in [0.3, 0.4) is 0 Å². The Morgan fingerprint density at radius 2 is 1.86 bits per heavy atom. The molecule has 0 aliphatic heterocycles. The van der Waals surface area contributed by atoms with E-state index in [4.69, 9.17) is 0 Å². The molecule has 3 nitrogen and oxygen atoms in total. The standard InChI is InChI=1S/C18H15N3/c1-2-12-8-9-16-14(10-12)18-15(11-19-16)17(20-21-18)13-6-4-3-5-7-13/h3-11H,2H2,1H3,(H,20,21). The first-order valence-electron chi connectivity index (χ1n) is 7.18. The zero-order chi connectivity index (χ0) is 14.2. The summed E-state index contributed by atoms with van der Waals surface area (Å²) in [5, 5.41) is 9.91. The van der Waals surface area contributed by atoms with Crippen LogP contribution in [-0.2, 0) is 6.42 Å². The van der Waals surface area contributed by atoms with Gasteiger partial charge in [0.2, 0.25) is 0 Å². The number of aryl methyl sites for hydroxylation is 1. The summed E-state index contributed by atoms with van der Waals surface area (Å²) in [6.07, 6.45) is 2.93. The molecule has 21 heavy (non-hydrogen) atoms. The molecular formula is C18H15N3. The fraction of sp³-hybridized carbons (Fsp3) is 0.111. The molecule has 2 heterocycles. The van der Waals surface area contributed by atoms with Crippen LogP contribution in [0, 0.1) is 0 Å².